The number of benzene rings is 1. The van der Waals surface area contributed by atoms with E-state index in [1.165, 1.54) is 18.2 Å². The Balaban J connectivity index is 2.48. The van der Waals surface area contributed by atoms with E-state index in [0.717, 1.165) is 0 Å². The average Bonchev–Trinajstić information content (AvgIpc) is 2.93. The molecule has 1 aromatic rings. The summed E-state index contributed by atoms with van der Waals surface area (Å²) < 4.78 is 39.9. The van der Waals surface area contributed by atoms with Gasteiger partial charge < -0.3 is 10.8 Å². The van der Waals surface area contributed by atoms with Crippen molar-refractivity contribution in [1.82, 2.24) is 0 Å². The monoisotopic (exact) mass is 309 g/mol. The van der Waals surface area contributed by atoms with Gasteiger partial charge in [-0.15, -0.1) is 0 Å². The zero-order chi connectivity index (χ0) is 12.8. The number of hydrogen-bond acceptors (Lipinski definition) is 2. The Hall–Kier alpha value is -0.590. The van der Waals surface area contributed by atoms with Gasteiger partial charge in [-0.05, 0) is 24.1 Å². The molecule has 0 unspecified atom stereocenters. The molecule has 0 spiro atoms. The van der Waals surface area contributed by atoms with Crippen LogP contribution in [0.4, 0.5) is 13.2 Å². The standard InChI is InChI=1S/C11H11BrF3NO/c12-7-3-1-2-6(4-7)10(16,11(13,14)15)8-5-9(8)17/h1-4,8-9,17H,5,16H2/t8-,9+,10+/m0/s1. The maximum atomic E-state index is 13.1. The molecule has 17 heavy (non-hydrogen) atoms. The second-order valence-corrected chi connectivity index (χ2v) is 5.20. The Morgan fingerprint density at radius 1 is 1.35 bits per heavy atom. The Morgan fingerprint density at radius 2 is 1.94 bits per heavy atom. The molecule has 3 atom stereocenters. The predicted octanol–water partition coefficient (Wildman–Crippen LogP) is 2.55. The third-order valence-electron chi connectivity index (χ3n) is 3.11. The third kappa shape index (κ3) is 2.09. The van der Waals surface area contributed by atoms with Crippen LogP contribution in [0, 0.1) is 5.92 Å². The first-order valence-electron chi connectivity index (χ1n) is 5.06. The van der Waals surface area contributed by atoms with Crippen molar-refractivity contribution in [2.75, 3.05) is 0 Å². The van der Waals surface area contributed by atoms with Crippen LogP contribution in [0.1, 0.15) is 12.0 Å². The topological polar surface area (TPSA) is 46.2 Å². The molecule has 0 aromatic heterocycles. The fourth-order valence-electron chi connectivity index (χ4n) is 2.00. The number of aliphatic hydroxyl groups is 1. The molecule has 0 saturated heterocycles. The second-order valence-electron chi connectivity index (χ2n) is 4.29. The van der Waals surface area contributed by atoms with E-state index in [2.05, 4.69) is 15.9 Å². The molecule has 1 aromatic carbocycles. The summed E-state index contributed by atoms with van der Waals surface area (Å²) in [6, 6.07) is 5.81. The third-order valence-corrected chi connectivity index (χ3v) is 3.61. The Bertz CT molecular complexity index is 437. The number of rotatable bonds is 2. The summed E-state index contributed by atoms with van der Waals surface area (Å²) in [4.78, 5) is 0. The van der Waals surface area contributed by atoms with Crippen LogP contribution in [0.25, 0.3) is 0 Å². The second kappa shape index (κ2) is 3.96. The van der Waals surface area contributed by atoms with Crippen LogP contribution in [-0.4, -0.2) is 17.4 Å². The molecule has 0 radical (unpaired) electrons. The van der Waals surface area contributed by atoms with Crippen LogP contribution in [0.5, 0.6) is 0 Å². The van der Waals surface area contributed by atoms with Gasteiger partial charge in [0.1, 0.15) is 5.54 Å². The summed E-state index contributed by atoms with van der Waals surface area (Å²) in [6.07, 6.45) is -5.47. The van der Waals surface area contributed by atoms with Gasteiger partial charge in [-0.1, -0.05) is 28.1 Å². The largest absolute Gasteiger partial charge is 0.410 e. The van der Waals surface area contributed by atoms with E-state index < -0.39 is 23.7 Å². The van der Waals surface area contributed by atoms with Crippen molar-refractivity contribution in [1.29, 1.82) is 0 Å². The molecule has 6 heteroatoms. The molecule has 0 aliphatic heterocycles. The molecule has 94 valence electrons. The Kier molecular flexibility index (Phi) is 3.00. The van der Waals surface area contributed by atoms with Crippen molar-refractivity contribution in [2.45, 2.75) is 24.2 Å². The normalized spacial score (nSPS) is 27.6. The summed E-state index contributed by atoms with van der Waals surface area (Å²) in [7, 11) is 0. The maximum Gasteiger partial charge on any atom is 0.410 e. The average molecular weight is 310 g/mol. The molecular formula is C11H11BrF3NO. The van der Waals surface area contributed by atoms with Crippen molar-refractivity contribution < 1.29 is 18.3 Å². The van der Waals surface area contributed by atoms with Crippen molar-refractivity contribution in [3.8, 4) is 0 Å². The predicted molar refractivity (Wildman–Crippen MR) is 60.2 cm³/mol. The quantitative estimate of drug-likeness (QED) is 0.882. The van der Waals surface area contributed by atoms with E-state index >= 15 is 0 Å². The van der Waals surface area contributed by atoms with Crippen molar-refractivity contribution in [3.05, 3.63) is 34.3 Å². The number of alkyl halides is 3. The highest BCUT2D eigenvalue weighted by Crippen LogP contribution is 2.52. The van der Waals surface area contributed by atoms with Gasteiger partial charge in [0.05, 0.1) is 6.10 Å². The van der Waals surface area contributed by atoms with E-state index in [0.29, 0.717) is 4.47 Å². The van der Waals surface area contributed by atoms with E-state index in [1.54, 1.807) is 6.07 Å². The van der Waals surface area contributed by atoms with E-state index in [1.807, 2.05) is 0 Å². The van der Waals surface area contributed by atoms with E-state index in [4.69, 9.17) is 5.73 Å². The minimum atomic E-state index is -4.59. The molecule has 0 heterocycles. The van der Waals surface area contributed by atoms with Gasteiger partial charge in [0.25, 0.3) is 0 Å². The highest BCUT2D eigenvalue weighted by molar-refractivity contribution is 9.10. The van der Waals surface area contributed by atoms with Crippen LogP contribution < -0.4 is 5.73 Å². The smallest absolute Gasteiger partial charge is 0.393 e. The summed E-state index contributed by atoms with van der Waals surface area (Å²) >= 11 is 3.12. The lowest BCUT2D eigenvalue weighted by atomic mass is 9.85. The Labute approximate surface area is 105 Å². The van der Waals surface area contributed by atoms with Crippen LogP contribution >= 0.6 is 15.9 Å². The minimum absolute atomic E-state index is 0.0269. The molecule has 3 N–H and O–H groups in total. The lowest BCUT2D eigenvalue weighted by Gasteiger charge is -2.32. The SMILES string of the molecule is N[C@](c1cccc(Br)c1)([C@H]1C[C@H]1O)C(F)(F)F. The van der Waals surface area contributed by atoms with Gasteiger partial charge in [-0.3, -0.25) is 0 Å². The van der Waals surface area contributed by atoms with Crippen LogP contribution in [0.15, 0.2) is 28.7 Å². The number of nitrogens with two attached hydrogens (primary N) is 1. The van der Waals surface area contributed by atoms with Crippen molar-refractivity contribution >= 4 is 15.9 Å². The summed E-state index contributed by atoms with van der Waals surface area (Å²) in [6.45, 7) is 0. The first-order chi connectivity index (χ1) is 7.76. The van der Waals surface area contributed by atoms with Crippen LogP contribution in [-0.2, 0) is 5.54 Å². The first kappa shape index (κ1) is 12.9. The van der Waals surface area contributed by atoms with Crippen LogP contribution in [0.2, 0.25) is 0 Å². The lowest BCUT2D eigenvalue weighted by molar-refractivity contribution is -0.198. The summed E-state index contributed by atoms with van der Waals surface area (Å²) in [5.74, 6) is -0.961. The molecule has 1 fully saturated rings. The maximum absolute atomic E-state index is 13.1. The van der Waals surface area contributed by atoms with Gasteiger partial charge >= 0.3 is 6.18 Å². The fraction of sp³-hybridized carbons (Fsp3) is 0.455. The molecule has 1 saturated carbocycles. The summed E-state index contributed by atoms with van der Waals surface area (Å²) in [5.41, 5.74) is 3.05. The number of halogens is 4. The van der Waals surface area contributed by atoms with E-state index in [-0.39, 0.29) is 12.0 Å². The first-order valence-corrected chi connectivity index (χ1v) is 5.86. The molecule has 2 rings (SSSR count). The summed E-state index contributed by atoms with van der Waals surface area (Å²) in [5, 5.41) is 9.26. The van der Waals surface area contributed by atoms with Gasteiger partial charge in [-0.2, -0.15) is 13.2 Å². The van der Waals surface area contributed by atoms with Gasteiger partial charge in [0.15, 0.2) is 0 Å². The highest BCUT2D eigenvalue weighted by atomic mass is 79.9. The van der Waals surface area contributed by atoms with Gasteiger partial charge in [0, 0.05) is 10.4 Å². The minimum Gasteiger partial charge on any atom is -0.393 e. The van der Waals surface area contributed by atoms with Gasteiger partial charge in [-0.25, -0.2) is 0 Å². The lowest BCUT2D eigenvalue weighted by Crippen LogP contribution is -2.53. The molecule has 0 amide bonds. The van der Waals surface area contributed by atoms with Crippen LogP contribution in [0.3, 0.4) is 0 Å². The molecule has 2 nitrogen and oxygen atoms in total. The highest BCUT2D eigenvalue weighted by Gasteiger charge is 2.64. The van der Waals surface area contributed by atoms with Crippen molar-refractivity contribution in [2.24, 2.45) is 11.7 Å². The van der Waals surface area contributed by atoms with Crippen molar-refractivity contribution in [3.63, 3.8) is 0 Å². The van der Waals surface area contributed by atoms with Gasteiger partial charge in [0.2, 0.25) is 0 Å². The molecular weight excluding hydrogens is 299 g/mol. The molecule has 1 aliphatic carbocycles. The number of aliphatic hydroxyl groups excluding tert-OH is 1. The van der Waals surface area contributed by atoms with E-state index in [9.17, 15) is 18.3 Å². The molecule has 1 aliphatic rings. The zero-order valence-corrected chi connectivity index (χ0v) is 10.3. The Morgan fingerprint density at radius 3 is 2.35 bits per heavy atom. The number of hydrogen-bond donors (Lipinski definition) is 2. The fourth-order valence-corrected chi connectivity index (χ4v) is 2.40. The zero-order valence-electron chi connectivity index (χ0n) is 8.71. The molecule has 0 bridgehead atoms.